The number of hydrogen-bond donors (Lipinski definition) is 1. The Balaban J connectivity index is 1.79. The van der Waals surface area contributed by atoms with Gasteiger partial charge in [0.2, 0.25) is 0 Å². The van der Waals surface area contributed by atoms with Crippen molar-refractivity contribution in [2.45, 2.75) is 38.5 Å². The van der Waals surface area contributed by atoms with Gasteiger partial charge < -0.3 is 15.2 Å². The van der Waals surface area contributed by atoms with E-state index in [0.29, 0.717) is 18.8 Å². The van der Waals surface area contributed by atoms with E-state index < -0.39 is 0 Å². The Morgan fingerprint density at radius 2 is 2.28 bits per heavy atom. The molecule has 0 radical (unpaired) electrons. The lowest BCUT2D eigenvalue weighted by Gasteiger charge is -2.22. The van der Waals surface area contributed by atoms with Crippen LogP contribution in [0.3, 0.4) is 0 Å². The lowest BCUT2D eigenvalue weighted by molar-refractivity contribution is -0.0447. The molecule has 0 aromatic heterocycles. The molecular formula is C14H20FNO2. The van der Waals surface area contributed by atoms with E-state index in [4.69, 9.17) is 15.2 Å². The number of halogens is 1. The van der Waals surface area contributed by atoms with Crippen molar-refractivity contribution in [1.82, 2.24) is 0 Å². The third kappa shape index (κ3) is 3.77. The lowest BCUT2D eigenvalue weighted by Crippen LogP contribution is -2.24. The van der Waals surface area contributed by atoms with Crippen molar-refractivity contribution in [2.75, 3.05) is 13.2 Å². The monoisotopic (exact) mass is 253 g/mol. The molecule has 1 unspecified atom stereocenters. The van der Waals surface area contributed by atoms with Crippen molar-refractivity contribution in [3.8, 4) is 0 Å². The van der Waals surface area contributed by atoms with Gasteiger partial charge in [-0.05, 0) is 37.0 Å². The molecule has 3 nitrogen and oxygen atoms in total. The van der Waals surface area contributed by atoms with Gasteiger partial charge in [-0.25, -0.2) is 4.39 Å². The zero-order valence-corrected chi connectivity index (χ0v) is 10.5. The van der Waals surface area contributed by atoms with Crippen molar-refractivity contribution in [1.29, 1.82) is 0 Å². The zero-order chi connectivity index (χ0) is 12.8. The highest BCUT2D eigenvalue weighted by atomic mass is 19.1. The number of rotatable bonds is 5. The quantitative estimate of drug-likeness (QED) is 0.876. The number of nitrogens with two attached hydrogens (primary N) is 1. The van der Waals surface area contributed by atoms with Gasteiger partial charge >= 0.3 is 0 Å². The first kappa shape index (κ1) is 13.5. The maximum Gasteiger partial charge on any atom is 0.127 e. The van der Waals surface area contributed by atoms with Gasteiger partial charge in [0.1, 0.15) is 5.82 Å². The summed E-state index contributed by atoms with van der Waals surface area (Å²) in [5.74, 6) is -0.253. The Hall–Kier alpha value is -0.970. The molecule has 0 aliphatic carbocycles. The maximum atomic E-state index is 13.2. The van der Waals surface area contributed by atoms with Crippen molar-refractivity contribution in [3.05, 3.63) is 35.1 Å². The van der Waals surface area contributed by atoms with Crippen molar-refractivity contribution in [2.24, 2.45) is 5.73 Å². The molecule has 18 heavy (non-hydrogen) atoms. The summed E-state index contributed by atoms with van der Waals surface area (Å²) in [6.07, 6.45) is 3.64. The number of hydrogen-bond acceptors (Lipinski definition) is 3. The van der Waals surface area contributed by atoms with Crippen LogP contribution in [0.2, 0.25) is 0 Å². The van der Waals surface area contributed by atoms with Crippen molar-refractivity contribution < 1.29 is 13.9 Å². The number of benzene rings is 1. The summed E-state index contributed by atoms with van der Waals surface area (Å²) in [6.45, 7) is 2.13. The minimum Gasteiger partial charge on any atom is -0.376 e. The summed E-state index contributed by atoms with van der Waals surface area (Å²) in [4.78, 5) is 0. The SMILES string of the molecule is NCc1cc(COCC2CCCCO2)ccc1F. The van der Waals surface area contributed by atoms with Crippen LogP contribution in [0.25, 0.3) is 0 Å². The second-order valence-electron chi connectivity index (χ2n) is 4.63. The van der Waals surface area contributed by atoms with Gasteiger partial charge in [0.15, 0.2) is 0 Å². The van der Waals surface area contributed by atoms with Crippen LogP contribution in [0.4, 0.5) is 4.39 Å². The lowest BCUT2D eigenvalue weighted by atomic mass is 10.1. The van der Waals surface area contributed by atoms with Crippen LogP contribution in [0.1, 0.15) is 30.4 Å². The van der Waals surface area contributed by atoms with Crippen LogP contribution < -0.4 is 5.73 Å². The van der Waals surface area contributed by atoms with Crippen LogP contribution in [0.15, 0.2) is 18.2 Å². The zero-order valence-electron chi connectivity index (χ0n) is 10.5. The van der Waals surface area contributed by atoms with Crippen LogP contribution in [-0.2, 0) is 22.6 Å². The Kier molecular flexibility index (Phi) is 5.11. The Morgan fingerprint density at radius 1 is 1.39 bits per heavy atom. The third-order valence-electron chi connectivity index (χ3n) is 3.18. The molecule has 1 aromatic rings. The molecular weight excluding hydrogens is 233 g/mol. The summed E-state index contributed by atoms with van der Waals surface area (Å²) in [7, 11) is 0. The predicted molar refractivity (Wildman–Crippen MR) is 67.5 cm³/mol. The topological polar surface area (TPSA) is 44.5 Å². The molecule has 0 amide bonds. The molecule has 100 valence electrons. The molecule has 0 bridgehead atoms. The minimum atomic E-state index is -0.253. The minimum absolute atomic E-state index is 0.214. The fourth-order valence-corrected chi connectivity index (χ4v) is 2.12. The molecule has 1 fully saturated rings. The molecule has 1 aliphatic heterocycles. The van der Waals surface area contributed by atoms with E-state index in [0.717, 1.165) is 25.0 Å². The Morgan fingerprint density at radius 3 is 3.00 bits per heavy atom. The largest absolute Gasteiger partial charge is 0.376 e. The molecule has 0 saturated carbocycles. The van der Waals surface area contributed by atoms with Crippen LogP contribution >= 0.6 is 0 Å². The first-order valence-electron chi connectivity index (χ1n) is 6.46. The second-order valence-corrected chi connectivity index (χ2v) is 4.63. The molecule has 1 saturated heterocycles. The second kappa shape index (κ2) is 6.83. The molecule has 1 atom stereocenters. The highest BCUT2D eigenvalue weighted by Crippen LogP contribution is 2.14. The van der Waals surface area contributed by atoms with Gasteiger partial charge in [0.05, 0.1) is 19.3 Å². The summed E-state index contributed by atoms with van der Waals surface area (Å²) in [6, 6.07) is 4.94. The third-order valence-corrected chi connectivity index (χ3v) is 3.18. The van der Waals surface area contributed by atoms with E-state index in [-0.39, 0.29) is 18.5 Å². The highest BCUT2D eigenvalue weighted by Gasteiger charge is 2.13. The molecule has 1 aliphatic rings. The van der Waals surface area contributed by atoms with Gasteiger partial charge in [0, 0.05) is 18.7 Å². The van der Waals surface area contributed by atoms with Crippen molar-refractivity contribution >= 4 is 0 Å². The van der Waals surface area contributed by atoms with Gasteiger partial charge in [0.25, 0.3) is 0 Å². The van der Waals surface area contributed by atoms with E-state index in [1.54, 1.807) is 12.1 Å². The van der Waals surface area contributed by atoms with Gasteiger partial charge in [-0.1, -0.05) is 6.07 Å². The van der Waals surface area contributed by atoms with E-state index in [2.05, 4.69) is 0 Å². The fraction of sp³-hybridized carbons (Fsp3) is 0.571. The average Bonchev–Trinajstić information content (AvgIpc) is 2.42. The van der Waals surface area contributed by atoms with E-state index in [1.807, 2.05) is 0 Å². The summed E-state index contributed by atoms with van der Waals surface area (Å²) in [5, 5.41) is 0. The van der Waals surface area contributed by atoms with Gasteiger partial charge in [-0.2, -0.15) is 0 Å². The molecule has 4 heteroatoms. The summed E-state index contributed by atoms with van der Waals surface area (Å²) >= 11 is 0. The van der Waals surface area contributed by atoms with Crippen molar-refractivity contribution in [3.63, 3.8) is 0 Å². The molecule has 1 heterocycles. The van der Waals surface area contributed by atoms with Gasteiger partial charge in [-0.3, -0.25) is 0 Å². The predicted octanol–water partition coefficient (Wildman–Crippen LogP) is 2.37. The average molecular weight is 253 g/mol. The number of ether oxygens (including phenoxy) is 2. The molecule has 2 rings (SSSR count). The van der Waals surface area contributed by atoms with Crippen LogP contribution in [-0.4, -0.2) is 19.3 Å². The molecule has 0 spiro atoms. The van der Waals surface area contributed by atoms with E-state index in [9.17, 15) is 4.39 Å². The summed E-state index contributed by atoms with van der Waals surface area (Å²) in [5.41, 5.74) is 6.95. The smallest absolute Gasteiger partial charge is 0.127 e. The highest BCUT2D eigenvalue weighted by molar-refractivity contribution is 5.24. The van der Waals surface area contributed by atoms with Gasteiger partial charge in [-0.15, -0.1) is 0 Å². The molecule has 1 aromatic carbocycles. The van der Waals surface area contributed by atoms with Crippen LogP contribution in [0.5, 0.6) is 0 Å². The normalized spacial score (nSPS) is 20.0. The Bertz CT molecular complexity index is 378. The van der Waals surface area contributed by atoms with E-state index >= 15 is 0 Å². The Labute approximate surface area is 107 Å². The van der Waals surface area contributed by atoms with Crippen LogP contribution in [0, 0.1) is 5.82 Å². The summed E-state index contributed by atoms with van der Waals surface area (Å²) < 4.78 is 24.4. The standard InChI is InChI=1S/C14H20FNO2/c15-14-5-4-11(7-12(14)8-16)9-17-10-13-3-1-2-6-18-13/h4-5,7,13H,1-3,6,8-10,16H2. The first-order valence-corrected chi connectivity index (χ1v) is 6.46. The molecule has 2 N–H and O–H groups in total. The first-order chi connectivity index (χ1) is 8.79. The van der Waals surface area contributed by atoms with E-state index in [1.165, 1.54) is 12.5 Å². The maximum absolute atomic E-state index is 13.2. The fourth-order valence-electron chi connectivity index (χ4n) is 2.12.